The van der Waals surface area contributed by atoms with Crippen LogP contribution in [0.4, 0.5) is 5.69 Å². The van der Waals surface area contributed by atoms with E-state index in [1.54, 1.807) is 13.0 Å². The zero-order chi connectivity index (χ0) is 23.9. The topological polar surface area (TPSA) is 163 Å². The number of esters is 1. The van der Waals surface area contributed by atoms with Crippen molar-refractivity contribution in [2.45, 2.75) is 11.8 Å². The van der Waals surface area contributed by atoms with Crippen LogP contribution >= 0.6 is 0 Å². The molecule has 0 heterocycles. The number of aryl methyl sites for hydroxylation is 1. The molecule has 12 heteroatoms. The summed E-state index contributed by atoms with van der Waals surface area (Å²) < 4.78 is 38.1. The molecule has 11 nitrogen and oxygen atoms in total. The number of nitrogens with two attached hydrogens (primary N) is 1. The number of primary sulfonamides is 1. The molecule has 2 aromatic rings. The molecule has 0 fully saturated rings. The van der Waals surface area contributed by atoms with Crippen molar-refractivity contribution in [1.29, 1.82) is 0 Å². The van der Waals surface area contributed by atoms with Gasteiger partial charge in [-0.3, -0.25) is 14.4 Å². The summed E-state index contributed by atoms with van der Waals surface area (Å²) in [6, 6.07) is 8.64. The lowest BCUT2D eigenvalue weighted by molar-refractivity contribution is -0.146. The monoisotopic (exact) mass is 465 g/mol. The molecule has 0 aromatic heterocycles. The summed E-state index contributed by atoms with van der Waals surface area (Å²) >= 11 is 0. The lowest BCUT2D eigenvalue weighted by Gasteiger charge is -2.11. The molecule has 0 atom stereocenters. The molecule has 0 spiro atoms. The number of nitrogens with one attached hydrogen (secondary N) is 2. The first kappa shape index (κ1) is 24.6. The van der Waals surface area contributed by atoms with Crippen LogP contribution in [0.3, 0.4) is 0 Å². The molecular formula is C20H23N3O8S. The maximum atomic E-state index is 12.2. The summed E-state index contributed by atoms with van der Waals surface area (Å²) in [4.78, 5) is 35.9. The maximum absolute atomic E-state index is 12.2. The van der Waals surface area contributed by atoms with E-state index < -0.39 is 41.0 Å². The van der Waals surface area contributed by atoms with Gasteiger partial charge in [0.2, 0.25) is 10.0 Å². The van der Waals surface area contributed by atoms with E-state index in [-0.39, 0.29) is 16.1 Å². The lowest BCUT2D eigenvalue weighted by Crippen LogP contribution is -2.32. The van der Waals surface area contributed by atoms with Gasteiger partial charge in [0.1, 0.15) is 6.54 Å². The molecule has 0 radical (unpaired) electrons. The Morgan fingerprint density at radius 1 is 1.00 bits per heavy atom. The first-order chi connectivity index (χ1) is 15.0. The highest BCUT2D eigenvalue weighted by Crippen LogP contribution is 2.27. The maximum Gasteiger partial charge on any atom is 0.325 e. The van der Waals surface area contributed by atoms with E-state index in [2.05, 4.69) is 10.6 Å². The van der Waals surface area contributed by atoms with Crippen LogP contribution in [0.2, 0.25) is 0 Å². The van der Waals surface area contributed by atoms with Crippen molar-refractivity contribution in [2.75, 3.05) is 32.7 Å². The normalized spacial score (nSPS) is 10.8. The summed E-state index contributed by atoms with van der Waals surface area (Å²) in [6.07, 6.45) is 0. The van der Waals surface area contributed by atoms with E-state index in [9.17, 15) is 22.8 Å². The average molecular weight is 465 g/mol. The predicted octanol–water partition coefficient (Wildman–Crippen LogP) is 0.571. The van der Waals surface area contributed by atoms with Crippen LogP contribution in [0.1, 0.15) is 15.9 Å². The first-order valence-electron chi connectivity index (χ1n) is 9.14. The second-order valence-electron chi connectivity index (χ2n) is 6.49. The molecule has 2 amide bonds. The van der Waals surface area contributed by atoms with Crippen LogP contribution in [0.15, 0.2) is 41.3 Å². The molecule has 0 saturated heterocycles. The molecule has 32 heavy (non-hydrogen) atoms. The number of ether oxygens (including phenoxy) is 3. The quantitative estimate of drug-likeness (QED) is 0.453. The molecule has 4 N–H and O–H groups in total. The predicted molar refractivity (Wildman–Crippen MR) is 114 cm³/mol. The van der Waals surface area contributed by atoms with Crippen LogP contribution in [-0.4, -0.2) is 53.6 Å². The molecule has 0 saturated carbocycles. The summed E-state index contributed by atoms with van der Waals surface area (Å²) in [6.45, 7) is 0.452. The van der Waals surface area contributed by atoms with Gasteiger partial charge in [-0.2, -0.15) is 0 Å². The Morgan fingerprint density at radius 2 is 1.69 bits per heavy atom. The minimum atomic E-state index is -3.96. The SMILES string of the molecule is COc1ccc(C(=O)NCC(=O)OCC(=O)Nc2ccc(C)c(S(N)(=O)=O)c2)cc1OC. The number of sulfonamides is 1. The second kappa shape index (κ2) is 10.6. The summed E-state index contributed by atoms with van der Waals surface area (Å²) in [5.41, 5.74) is 0.822. The highest BCUT2D eigenvalue weighted by molar-refractivity contribution is 7.89. The van der Waals surface area contributed by atoms with E-state index in [1.807, 2.05) is 0 Å². The Hall–Kier alpha value is -3.64. The zero-order valence-corrected chi connectivity index (χ0v) is 18.4. The summed E-state index contributed by atoms with van der Waals surface area (Å²) in [5, 5.41) is 9.90. The molecule has 2 rings (SSSR count). The van der Waals surface area contributed by atoms with Gasteiger partial charge in [0.25, 0.3) is 11.8 Å². The van der Waals surface area contributed by atoms with Crippen molar-refractivity contribution >= 4 is 33.5 Å². The molecular weight excluding hydrogens is 442 g/mol. The van der Waals surface area contributed by atoms with Crippen molar-refractivity contribution in [3.63, 3.8) is 0 Å². The standard InChI is InChI=1S/C20H23N3O8S/c1-12-4-6-14(9-17(12)32(21,27)28)23-18(24)11-31-19(25)10-22-20(26)13-5-7-15(29-2)16(8-13)30-3/h4-9H,10-11H2,1-3H3,(H,22,26)(H,23,24)(H2,21,27,28). The van der Waals surface area contributed by atoms with Crippen LogP contribution in [0, 0.1) is 6.92 Å². The fourth-order valence-electron chi connectivity index (χ4n) is 2.61. The van der Waals surface area contributed by atoms with Crippen molar-refractivity contribution in [1.82, 2.24) is 5.32 Å². The van der Waals surface area contributed by atoms with E-state index >= 15 is 0 Å². The summed E-state index contributed by atoms with van der Waals surface area (Å²) in [5.74, 6) is -1.31. The van der Waals surface area contributed by atoms with Gasteiger partial charge in [-0.15, -0.1) is 0 Å². The minimum absolute atomic E-state index is 0.134. The number of rotatable bonds is 9. The molecule has 0 aliphatic rings. The van der Waals surface area contributed by atoms with Crippen LogP contribution in [0.25, 0.3) is 0 Å². The molecule has 172 valence electrons. The van der Waals surface area contributed by atoms with Gasteiger partial charge < -0.3 is 24.8 Å². The Balaban J connectivity index is 1.86. The average Bonchev–Trinajstić information content (AvgIpc) is 2.75. The van der Waals surface area contributed by atoms with E-state index in [0.717, 1.165) is 0 Å². The summed E-state index contributed by atoms with van der Waals surface area (Å²) in [7, 11) is -1.07. The number of hydrogen-bond donors (Lipinski definition) is 3. The Bertz CT molecular complexity index is 1130. The van der Waals surface area contributed by atoms with Gasteiger partial charge in [0, 0.05) is 11.3 Å². The van der Waals surface area contributed by atoms with Crippen molar-refractivity contribution in [3.05, 3.63) is 47.5 Å². The van der Waals surface area contributed by atoms with Crippen LogP contribution in [0.5, 0.6) is 11.5 Å². The minimum Gasteiger partial charge on any atom is -0.493 e. The molecule has 2 aromatic carbocycles. The third-order valence-electron chi connectivity index (χ3n) is 4.18. The van der Waals surface area contributed by atoms with E-state index in [4.69, 9.17) is 19.3 Å². The first-order valence-corrected chi connectivity index (χ1v) is 10.7. The highest BCUT2D eigenvalue weighted by Gasteiger charge is 2.15. The van der Waals surface area contributed by atoms with Gasteiger partial charge in [-0.05, 0) is 42.8 Å². The van der Waals surface area contributed by atoms with Crippen LogP contribution < -0.4 is 25.2 Å². The van der Waals surface area contributed by atoms with E-state index in [1.165, 1.54) is 44.6 Å². The molecule has 0 aliphatic heterocycles. The zero-order valence-electron chi connectivity index (χ0n) is 17.6. The fourth-order valence-corrected chi connectivity index (χ4v) is 3.42. The second-order valence-corrected chi connectivity index (χ2v) is 8.02. The van der Waals surface area contributed by atoms with Gasteiger partial charge in [-0.25, -0.2) is 13.6 Å². The molecule has 0 unspecified atom stereocenters. The Labute approximate surface area is 184 Å². The number of anilines is 1. The fraction of sp³-hybridized carbons (Fsp3) is 0.250. The van der Waals surface area contributed by atoms with E-state index in [0.29, 0.717) is 17.1 Å². The van der Waals surface area contributed by atoms with Crippen LogP contribution in [-0.2, 0) is 24.3 Å². The number of amides is 2. The largest absolute Gasteiger partial charge is 0.493 e. The van der Waals surface area contributed by atoms with Crippen molar-refractivity contribution in [2.24, 2.45) is 5.14 Å². The number of carbonyl (C=O) groups is 3. The third kappa shape index (κ3) is 6.68. The molecule has 0 bridgehead atoms. The number of benzene rings is 2. The van der Waals surface area contributed by atoms with Gasteiger partial charge in [-0.1, -0.05) is 6.07 Å². The highest BCUT2D eigenvalue weighted by atomic mass is 32.2. The third-order valence-corrected chi connectivity index (χ3v) is 5.23. The van der Waals surface area contributed by atoms with Gasteiger partial charge in [0.15, 0.2) is 18.1 Å². The number of carbonyl (C=O) groups excluding carboxylic acids is 3. The van der Waals surface area contributed by atoms with Gasteiger partial charge >= 0.3 is 5.97 Å². The van der Waals surface area contributed by atoms with Crippen molar-refractivity contribution in [3.8, 4) is 11.5 Å². The van der Waals surface area contributed by atoms with Gasteiger partial charge in [0.05, 0.1) is 19.1 Å². The Kier molecular flexibility index (Phi) is 8.15. The Morgan fingerprint density at radius 3 is 2.31 bits per heavy atom. The number of methoxy groups -OCH3 is 2. The number of hydrogen-bond acceptors (Lipinski definition) is 8. The molecule has 0 aliphatic carbocycles. The lowest BCUT2D eigenvalue weighted by atomic mass is 10.2. The van der Waals surface area contributed by atoms with Crippen molar-refractivity contribution < 1.29 is 37.0 Å². The smallest absolute Gasteiger partial charge is 0.325 e.